The second kappa shape index (κ2) is 7.17. The van der Waals surface area contributed by atoms with Crippen LogP contribution in [-0.4, -0.2) is 35.6 Å². The number of aryl methyl sites for hydroxylation is 2. The van der Waals surface area contributed by atoms with Gasteiger partial charge in [-0.05, 0) is 37.3 Å². The summed E-state index contributed by atoms with van der Waals surface area (Å²) in [7, 11) is 1.80. The summed E-state index contributed by atoms with van der Waals surface area (Å²) < 4.78 is 21.8. The zero-order chi connectivity index (χ0) is 21.5. The predicted octanol–water partition coefficient (Wildman–Crippen LogP) is 3.51. The molecule has 0 saturated carbocycles. The molecule has 1 N–H and O–H groups in total. The average molecular weight is 417 g/mol. The fourth-order valence-corrected chi connectivity index (χ4v) is 3.34. The molecule has 10 heteroatoms. The molecular formula is C21H16FN7O2. The van der Waals surface area contributed by atoms with Crippen molar-refractivity contribution in [3.8, 4) is 16.9 Å². The highest BCUT2D eigenvalue weighted by molar-refractivity contribution is 6.12. The lowest BCUT2D eigenvalue weighted by atomic mass is 10.1. The molecule has 5 aromatic rings. The molecule has 0 unspecified atom stereocenters. The van der Waals surface area contributed by atoms with Crippen LogP contribution >= 0.6 is 0 Å². The Morgan fingerprint density at radius 2 is 1.97 bits per heavy atom. The van der Waals surface area contributed by atoms with Gasteiger partial charge < -0.3 is 9.84 Å². The predicted molar refractivity (Wildman–Crippen MR) is 110 cm³/mol. The third-order valence-electron chi connectivity index (χ3n) is 4.82. The van der Waals surface area contributed by atoms with E-state index in [0.717, 1.165) is 5.56 Å². The lowest BCUT2D eigenvalue weighted by Crippen LogP contribution is -2.16. The largest absolute Gasteiger partial charge is 0.335 e. The molecule has 0 bridgehead atoms. The first-order valence-electron chi connectivity index (χ1n) is 9.37. The molecule has 4 heterocycles. The maximum absolute atomic E-state index is 13.3. The highest BCUT2D eigenvalue weighted by Gasteiger charge is 2.21. The maximum atomic E-state index is 13.3. The first-order chi connectivity index (χ1) is 15.0. The first kappa shape index (κ1) is 18.7. The van der Waals surface area contributed by atoms with Crippen molar-refractivity contribution in [2.75, 3.05) is 5.32 Å². The third-order valence-corrected chi connectivity index (χ3v) is 4.82. The molecule has 0 aliphatic carbocycles. The number of carbonyl (C=O) groups excluding carboxylic acids is 1. The minimum absolute atomic E-state index is 0.260. The number of nitrogens with zero attached hydrogens (tertiary/aromatic N) is 6. The molecule has 1 amide bonds. The van der Waals surface area contributed by atoms with Gasteiger partial charge in [-0.1, -0.05) is 5.16 Å². The molecular weight excluding hydrogens is 401 g/mol. The average Bonchev–Trinajstić information content (AvgIpc) is 3.49. The number of aromatic nitrogens is 6. The molecule has 0 aliphatic rings. The van der Waals surface area contributed by atoms with Crippen LogP contribution in [0.2, 0.25) is 0 Å². The summed E-state index contributed by atoms with van der Waals surface area (Å²) in [6.45, 7) is 1.75. The molecule has 0 saturated heterocycles. The van der Waals surface area contributed by atoms with Crippen molar-refractivity contribution < 1.29 is 13.7 Å². The molecule has 0 aliphatic heterocycles. The Labute approximate surface area is 175 Å². The topological polar surface area (TPSA) is 104 Å². The molecule has 31 heavy (non-hydrogen) atoms. The summed E-state index contributed by atoms with van der Waals surface area (Å²) in [6, 6.07) is 9.14. The van der Waals surface area contributed by atoms with Gasteiger partial charge in [0.2, 0.25) is 0 Å². The second-order valence-electron chi connectivity index (χ2n) is 6.96. The van der Waals surface area contributed by atoms with Crippen LogP contribution in [0.1, 0.15) is 16.1 Å². The highest BCUT2D eigenvalue weighted by Crippen LogP contribution is 2.27. The number of hydrogen-bond donors (Lipinski definition) is 1. The van der Waals surface area contributed by atoms with Gasteiger partial charge in [0, 0.05) is 24.9 Å². The van der Waals surface area contributed by atoms with E-state index in [9.17, 15) is 9.18 Å². The number of anilines is 1. The van der Waals surface area contributed by atoms with Crippen LogP contribution < -0.4 is 5.32 Å². The molecule has 0 fully saturated rings. The zero-order valence-corrected chi connectivity index (χ0v) is 16.6. The van der Waals surface area contributed by atoms with Gasteiger partial charge in [-0.3, -0.25) is 9.48 Å². The van der Waals surface area contributed by atoms with Gasteiger partial charge in [-0.15, -0.1) is 0 Å². The Balaban J connectivity index is 1.56. The van der Waals surface area contributed by atoms with Gasteiger partial charge in [0.05, 0.1) is 40.4 Å². The number of rotatable bonds is 4. The van der Waals surface area contributed by atoms with Crippen molar-refractivity contribution in [1.29, 1.82) is 0 Å². The maximum Gasteiger partial charge on any atom is 0.259 e. The molecule has 1 aromatic carbocycles. The Morgan fingerprint density at radius 1 is 1.16 bits per heavy atom. The Hall–Kier alpha value is -4.34. The van der Waals surface area contributed by atoms with Crippen LogP contribution in [0, 0.1) is 12.7 Å². The monoisotopic (exact) mass is 417 g/mol. The number of hydrogen-bond acceptors (Lipinski definition) is 6. The summed E-state index contributed by atoms with van der Waals surface area (Å²) in [4.78, 5) is 17.7. The molecule has 0 radical (unpaired) electrons. The lowest BCUT2D eigenvalue weighted by molar-refractivity contribution is 0.102. The van der Waals surface area contributed by atoms with E-state index in [2.05, 4.69) is 25.7 Å². The number of amides is 1. The van der Waals surface area contributed by atoms with Gasteiger partial charge in [-0.25, -0.2) is 14.1 Å². The minimum Gasteiger partial charge on any atom is -0.335 e. The van der Waals surface area contributed by atoms with Crippen molar-refractivity contribution in [3.05, 3.63) is 72.1 Å². The minimum atomic E-state index is -0.382. The van der Waals surface area contributed by atoms with E-state index in [1.54, 1.807) is 61.5 Å². The van der Waals surface area contributed by atoms with Crippen LogP contribution in [0.3, 0.4) is 0 Å². The Morgan fingerprint density at radius 3 is 2.71 bits per heavy atom. The number of benzene rings is 1. The lowest BCUT2D eigenvalue weighted by Gasteiger charge is -2.10. The van der Waals surface area contributed by atoms with Crippen LogP contribution in [0.25, 0.3) is 28.0 Å². The standard InChI is InChI=1S/C21H16FN7O2/c1-12-19-16(9-17(25-21(19)31-27-12)13-10-24-28(2)11-13)20(30)26-18-7-8-23-29(18)15-5-3-14(22)4-6-15/h3-11H,1-2H3,(H,26,30). The number of nitrogens with one attached hydrogen (secondary N) is 1. The van der Waals surface area contributed by atoms with Crippen molar-refractivity contribution in [2.24, 2.45) is 7.05 Å². The first-order valence-corrected chi connectivity index (χ1v) is 9.37. The zero-order valence-electron chi connectivity index (χ0n) is 16.6. The van der Waals surface area contributed by atoms with E-state index in [1.165, 1.54) is 16.8 Å². The third kappa shape index (κ3) is 3.33. The summed E-state index contributed by atoms with van der Waals surface area (Å²) >= 11 is 0. The fraction of sp³-hybridized carbons (Fsp3) is 0.0952. The van der Waals surface area contributed by atoms with Gasteiger partial charge in [0.15, 0.2) is 0 Å². The molecule has 0 atom stereocenters. The van der Waals surface area contributed by atoms with Crippen molar-refractivity contribution >= 4 is 22.8 Å². The number of carbonyl (C=O) groups is 1. The molecule has 4 aromatic heterocycles. The van der Waals surface area contributed by atoms with Gasteiger partial charge in [0.25, 0.3) is 11.6 Å². The summed E-state index contributed by atoms with van der Waals surface area (Å²) in [5.41, 5.74) is 3.06. The Kier molecular flexibility index (Phi) is 4.32. The van der Waals surface area contributed by atoms with E-state index >= 15 is 0 Å². The number of fused-ring (bicyclic) bond motifs is 1. The summed E-state index contributed by atoms with van der Waals surface area (Å²) in [5, 5.41) is 15.7. The number of pyridine rings is 1. The van der Waals surface area contributed by atoms with E-state index in [-0.39, 0.29) is 17.4 Å². The van der Waals surface area contributed by atoms with Gasteiger partial charge >= 0.3 is 0 Å². The van der Waals surface area contributed by atoms with Crippen molar-refractivity contribution in [1.82, 2.24) is 29.7 Å². The van der Waals surface area contributed by atoms with Crippen molar-refractivity contribution in [3.63, 3.8) is 0 Å². The van der Waals surface area contributed by atoms with Crippen LogP contribution in [0.5, 0.6) is 0 Å². The quantitative estimate of drug-likeness (QED) is 0.480. The summed E-state index contributed by atoms with van der Waals surface area (Å²) in [5.74, 6) is -0.308. The van der Waals surface area contributed by atoms with E-state index < -0.39 is 0 Å². The normalized spacial score (nSPS) is 11.2. The Bertz CT molecular complexity index is 1420. The molecule has 9 nitrogen and oxygen atoms in total. The van der Waals surface area contributed by atoms with E-state index in [1.807, 2.05) is 0 Å². The second-order valence-corrected chi connectivity index (χ2v) is 6.96. The highest BCUT2D eigenvalue weighted by atomic mass is 19.1. The van der Waals surface area contributed by atoms with Crippen molar-refractivity contribution in [2.45, 2.75) is 6.92 Å². The van der Waals surface area contributed by atoms with Crippen LogP contribution in [0.4, 0.5) is 10.2 Å². The SMILES string of the molecule is Cc1noc2nc(-c3cnn(C)c3)cc(C(=O)Nc3ccnn3-c3ccc(F)cc3)c12. The number of halogens is 1. The van der Waals surface area contributed by atoms with Crippen LogP contribution in [0.15, 0.2) is 59.5 Å². The smallest absolute Gasteiger partial charge is 0.259 e. The van der Waals surface area contributed by atoms with Gasteiger partial charge in [-0.2, -0.15) is 10.2 Å². The summed E-state index contributed by atoms with van der Waals surface area (Å²) in [6.07, 6.45) is 5.00. The van der Waals surface area contributed by atoms with Gasteiger partial charge in [0.1, 0.15) is 11.6 Å². The molecule has 5 rings (SSSR count). The van der Waals surface area contributed by atoms with Crippen LogP contribution in [-0.2, 0) is 7.05 Å². The molecule has 0 spiro atoms. The van der Waals surface area contributed by atoms with E-state index in [0.29, 0.717) is 33.8 Å². The van der Waals surface area contributed by atoms with E-state index in [4.69, 9.17) is 4.52 Å². The fourth-order valence-electron chi connectivity index (χ4n) is 3.34. The molecule has 154 valence electrons.